The zero-order chi connectivity index (χ0) is 37.5. The van der Waals surface area contributed by atoms with Crippen molar-refractivity contribution in [2.75, 3.05) is 0 Å². The molecule has 0 radical (unpaired) electrons. The largest absolute Gasteiger partial charge is 0.102 e. The minimum atomic E-state index is 0.929. The second kappa shape index (κ2) is 12.6. The molecule has 10 aromatic carbocycles. The summed E-state index contributed by atoms with van der Waals surface area (Å²) in [7, 11) is 0. The first-order valence-corrected chi connectivity index (χ1v) is 19.9. The van der Waals surface area contributed by atoms with Crippen LogP contribution in [0, 0.1) is 16.9 Å². The van der Waals surface area contributed by atoms with Gasteiger partial charge < -0.3 is 0 Å². The Balaban J connectivity index is 1.37. The van der Waals surface area contributed by atoms with Crippen LogP contribution in [0.25, 0.3) is 77.3 Å². The van der Waals surface area contributed by atoms with E-state index in [0.29, 0.717) is 0 Å². The van der Waals surface area contributed by atoms with Crippen molar-refractivity contribution in [2.45, 2.75) is 6.42 Å². The van der Waals surface area contributed by atoms with Crippen LogP contribution in [0.2, 0.25) is 0 Å². The van der Waals surface area contributed by atoms with Gasteiger partial charge in [0.1, 0.15) is 0 Å². The molecule has 0 aliphatic heterocycles. The second-order valence-corrected chi connectivity index (χ2v) is 15.3. The third kappa shape index (κ3) is 4.79. The van der Waals surface area contributed by atoms with Crippen molar-refractivity contribution in [1.82, 2.24) is 0 Å². The summed E-state index contributed by atoms with van der Waals surface area (Å²) in [5, 5.41) is 19.8. The Hall–Kier alpha value is -7.37. The van der Waals surface area contributed by atoms with Gasteiger partial charge in [-0.3, -0.25) is 0 Å². The van der Waals surface area contributed by atoms with Crippen molar-refractivity contribution in [1.29, 1.82) is 0 Å². The van der Waals surface area contributed by atoms with Gasteiger partial charge in [0.25, 0.3) is 0 Å². The minimum absolute atomic E-state index is 0.929. The predicted molar refractivity (Wildman–Crippen MR) is 241 cm³/mol. The third-order valence-corrected chi connectivity index (χ3v) is 12.3. The molecule has 57 heavy (non-hydrogen) atoms. The Morgan fingerprint density at radius 3 is 1.39 bits per heavy atom. The van der Waals surface area contributed by atoms with Crippen molar-refractivity contribution < 1.29 is 0 Å². The van der Waals surface area contributed by atoms with Crippen LogP contribution in [0.4, 0.5) is 0 Å². The first kappa shape index (κ1) is 31.9. The molecule has 0 nitrogen and oxygen atoms in total. The Kier molecular flexibility index (Phi) is 7.05. The SMILES string of the molecule is C(=c1c2ccccc2c(=C2c3ccccc3[CH+]c3ccccc32)c2ccccc12)=c1c2ccccc2c(=c2c3c(cc4ccccc24)C=CCC=3)c2ccccc12. The number of allylic oxidation sites excluding steroid dienone is 1. The molecule has 2 aliphatic carbocycles. The predicted octanol–water partition coefficient (Wildman–Crippen LogP) is 10.8. The van der Waals surface area contributed by atoms with Crippen LogP contribution in [0.1, 0.15) is 34.2 Å². The van der Waals surface area contributed by atoms with E-state index < -0.39 is 0 Å². The van der Waals surface area contributed by atoms with E-state index in [2.05, 4.69) is 206 Å². The molecular formula is C57H35+. The molecule has 0 saturated heterocycles. The Bertz CT molecular complexity index is 3610. The fourth-order valence-electron chi connectivity index (χ4n) is 9.87. The van der Waals surface area contributed by atoms with Crippen LogP contribution in [-0.2, 0) is 0 Å². The molecule has 262 valence electrons. The molecule has 2 aliphatic rings. The Morgan fingerprint density at radius 1 is 0.404 bits per heavy atom. The number of benzene rings is 10. The van der Waals surface area contributed by atoms with Crippen LogP contribution in [0.5, 0.6) is 0 Å². The van der Waals surface area contributed by atoms with Crippen molar-refractivity contribution in [3.8, 4) is 0 Å². The molecule has 0 N–H and O–H groups in total. The van der Waals surface area contributed by atoms with Gasteiger partial charge in [-0.2, -0.15) is 0 Å². The molecule has 10 aromatic rings. The van der Waals surface area contributed by atoms with E-state index in [4.69, 9.17) is 0 Å². The van der Waals surface area contributed by atoms with Crippen LogP contribution in [0.3, 0.4) is 0 Å². The molecule has 0 heterocycles. The lowest BCUT2D eigenvalue weighted by atomic mass is 9.79. The molecule has 0 atom stereocenters. The Morgan fingerprint density at radius 2 is 0.842 bits per heavy atom. The molecule has 12 rings (SSSR count). The van der Waals surface area contributed by atoms with Gasteiger partial charge in [0.15, 0.2) is 0 Å². The summed E-state index contributed by atoms with van der Waals surface area (Å²) in [5.74, 6) is 0. The highest BCUT2D eigenvalue weighted by Gasteiger charge is 2.28. The third-order valence-electron chi connectivity index (χ3n) is 12.3. The lowest BCUT2D eigenvalue weighted by molar-refractivity contribution is 1.32. The highest BCUT2D eigenvalue weighted by molar-refractivity contribution is 6.06. The van der Waals surface area contributed by atoms with Gasteiger partial charge in [-0.1, -0.05) is 140 Å². The highest BCUT2D eigenvalue weighted by atomic mass is 14.3. The van der Waals surface area contributed by atoms with E-state index in [1.807, 2.05) is 0 Å². The van der Waals surface area contributed by atoms with Crippen molar-refractivity contribution in [3.05, 3.63) is 248 Å². The first-order valence-electron chi connectivity index (χ1n) is 19.9. The fourth-order valence-corrected chi connectivity index (χ4v) is 9.87. The van der Waals surface area contributed by atoms with Crippen LogP contribution >= 0.6 is 0 Å². The van der Waals surface area contributed by atoms with Crippen LogP contribution in [0.15, 0.2) is 182 Å². The normalized spacial score (nSPS) is 12.9. The van der Waals surface area contributed by atoms with E-state index in [9.17, 15) is 0 Å². The zero-order valence-electron chi connectivity index (χ0n) is 31.3. The van der Waals surface area contributed by atoms with Gasteiger partial charge in [-0.05, 0) is 124 Å². The number of fused-ring (bicyclic) bond motifs is 8. The van der Waals surface area contributed by atoms with Gasteiger partial charge in [-0.15, -0.1) is 5.73 Å². The van der Waals surface area contributed by atoms with E-state index in [-0.39, 0.29) is 0 Å². The lowest BCUT2D eigenvalue weighted by Crippen LogP contribution is -2.21. The molecule has 0 fully saturated rings. The molecule has 0 aromatic heterocycles. The number of hydrogen-bond acceptors (Lipinski definition) is 0. The van der Waals surface area contributed by atoms with Gasteiger partial charge in [0.05, 0.1) is 27.8 Å². The molecule has 0 spiro atoms. The number of rotatable bonds is 0. The maximum Gasteiger partial charge on any atom is 0.0813 e. The Labute approximate surface area is 329 Å². The average molecular weight is 720 g/mol. The maximum atomic E-state index is 4.19. The summed E-state index contributed by atoms with van der Waals surface area (Å²) in [6.45, 7) is 0. The molecule has 0 amide bonds. The van der Waals surface area contributed by atoms with Crippen LogP contribution < -0.4 is 20.9 Å². The standard InChI is InChI=1S/C57H35/c1-5-21-40-36(17-1)33-37-18-2-6-22-41(37)54(40)56-48-29-13-9-25-44(48)52(45-26-10-14-30-49(45)56)35-53-46-27-11-15-31-50(46)57(51-32-16-12-28-47(51)53)55-42-23-7-3-19-38(42)34-39-20-4-8-24-43(39)55/h1-7,9-34H,8H2/q+1. The van der Waals surface area contributed by atoms with Crippen LogP contribution in [-0.4, -0.2) is 0 Å². The summed E-state index contributed by atoms with van der Waals surface area (Å²) in [4.78, 5) is 0. The van der Waals surface area contributed by atoms with E-state index >= 15 is 0 Å². The minimum Gasteiger partial charge on any atom is -0.102 e. The van der Waals surface area contributed by atoms with E-state index in [1.165, 1.54) is 108 Å². The summed E-state index contributed by atoms with van der Waals surface area (Å²) < 4.78 is 0. The molecule has 0 heteroatoms. The smallest absolute Gasteiger partial charge is 0.0813 e. The molecular weight excluding hydrogens is 685 g/mol. The number of hydrogen-bond donors (Lipinski definition) is 0. The summed E-state index contributed by atoms with van der Waals surface area (Å²) >= 11 is 0. The topological polar surface area (TPSA) is 0 Å². The van der Waals surface area contributed by atoms with Crippen molar-refractivity contribution in [2.24, 2.45) is 0 Å². The van der Waals surface area contributed by atoms with E-state index in [0.717, 1.165) is 16.9 Å². The highest BCUT2D eigenvalue weighted by Crippen LogP contribution is 2.36. The molecule has 0 saturated carbocycles. The molecule has 0 bridgehead atoms. The summed E-state index contributed by atoms with van der Waals surface area (Å²) in [6, 6.07) is 64.9. The fraction of sp³-hybridized carbons (Fsp3) is 0.0175. The lowest BCUT2D eigenvalue weighted by Gasteiger charge is -2.18. The monoisotopic (exact) mass is 719 g/mol. The summed E-state index contributed by atoms with van der Waals surface area (Å²) in [5.41, 5.74) is 11.8. The quantitative estimate of drug-likeness (QED) is 0.108. The maximum absolute atomic E-state index is 4.19. The van der Waals surface area contributed by atoms with Gasteiger partial charge >= 0.3 is 0 Å². The second-order valence-electron chi connectivity index (χ2n) is 15.3. The average Bonchev–Trinajstić information content (AvgIpc) is 3.27. The van der Waals surface area contributed by atoms with Gasteiger partial charge in [0.2, 0.25) is 0 Å². The zero-order valence-corrected chi connectivity index (χ0v) is 31.3. The van der Waals surface area contributed by atoms with Gasteiger partial charge in [0, 0.05) is 34.2 Å². The van der Waals surface area contributed by atoms with E-state index in [1.54, 1.807) is 0 Å². The summed E-state index contributed by atoms with van der Waals surface area (Å²) in [6.07, 6.45) is 10.2. The van der Waals surface area contributed by atoms with Crippen molar-refractivity contribution >= 4 is 77.3 Å². The van der Waals surface area contributed by atoms with Crippen molar-refractivity contribution in [3.63, 3.8) is 0 Å². The molecule has 0 unspecified atom stereocenters. The first-order chi connectivity index (χ1) is 28.3. The van der Waals surface area contributed by atoms with Gasteiger partial charge in [-0.25, -0.2) is 0 Å².